The Balaban J connectivity index is 1.53. The Kier molecular flexibility index (Phi) is 4.19. The number of hydrogen-bond acceptors (Lipinski definition) is 3. The number of hydrogen-bond donors (Lipinski definition) is 1. The lowest BCUT2D eigenvalue weighted by Gasteiger charge is -2.33. The van der Waals surface area contributed by atoms with Crippen LogP contribution in [0.4, 0.5) is 11.4 Å². The van der Waals surface area contributed by atoms with E-state index in [2.05, 4.69) is 83.0 Å². The predicted molar refractivity (Wildman–Crippen MR) is 126 cm³/mol. The number of H-pyrrole nitrogens is 1. The Morgan fingerprint density at radius 1 is 1.13 bits per heavy atom. The van der Waals surface area contributed by atoms with Crippen LogP contribution in [0.1, 0.15) is 38.7 Å². The van der Waals surface area contributed by atoms with E-state index in [1.54, 1.807) is 0 Å². The molecule has 31 heavy (non-hydrogen) atoms. The highest BCUT2D eigenvalue weighted by Crippen LogP contribution is 2.51. The van der Waals surface area contributed by atoms with Gasteiger partial charge in [-0.1, -0.05) is 24.6 Å². The number of piperidine rings is 1. The molecule has 5 heteroatoms. The van der Waals surface area contributed by atoms with Gasteiger partial charge in [0.15, 0.2) is 6.54 Å². The molecule has 4 heterocycles. The molecule has 3 aliphatic rings. The second kappa shape index (κ2) is 6.86. The first-order valence-corrected chi connectivity index (χ1v) is 11.6. The molecule has 0 radical (unpaired) electrons. The van der Waals surface area contributed by atoms with Gasteiger partial charge in [0, 0.05) is 18.2 Å². The summed E-state index contributed by atoms with van der Waals surface area (Å²) in [7, 11) is 2.18. The van der Waals surface area contributed by atoms with Crippen molar-refractivity contribution in [3.05, 3.63) is 42.0 Å². The summed E-state index contributed by atoms with van der Waals surface area (Å²) in [6, 6.07) is 10.9. The van der Waals surface area contributed by atoms with E-state index in [1.165, 1.54) is 71.5 Å². The van der Waals surface area contributed by atoms with Crippen LogP contribution >= 0.6 is 0 Å². The fraction of sp³-hybridized carbons (Fsp3) is 0.423. The van der Waals surface area contributed by atoms with Crippen LogP contribution < -0.4 is 14.3 Å². The van der Waals surface area contributed by atoms with Crippen LogP contribution in [0.3, 0.4) is 0 Å². The van der Waals surface area contributed by atoms with E-state index in [0.29, 0.717) is 0 Å². The maximum atomic E-state index is 6.44. The molecule has 1 N–H and O–H groups in total. The molecule has 5 nitrogen and oxygen atoms in total. The summed E-state index contributed by atoms with van der Waals surface area (Å²) in [4.78, 5) is 4.93. The van der Waals surface area contributed by atoms with Crippen molar-refractivity contribution in [1.82, 2.24) is 10.00 Å². The maximum absolute atomic E-state index is 6.44. The number of aromatic amines is 1. The van der Waals surface area contributed by atoms with Crippen molar-refractivity contribution >= 4 is 28.4 Å². The summed E-state index contributed by atoms with van der Waals surface area (Å²) in [5.74, 6) is 0.971. The summed E-state index contributed by atoms with van der Waals surface area (Å²) in [6.07, 6.45) is 8.44. The Morgan fingerprint density at radius 3 is 2.77 bits per heavy atom. The molecule has 0 saturated carbocycles. The zero-order chi connectivity index (χ0) is 21.2. The minimum Gasteiger partial charge on any atom is -0.483 e. The number of fused-ring (bicyclic) bond motifs is 4. The largest absolute Gasteiger partial charge is 0.483 e. The fourth-order valence-electron chi connectivity index (χ4n) is 5.45. The summed E-state index contributed by atoms with van der Waals surface area (Å²) in [5.41, 5.74) is 7.06. The van der Waals surface area contributed by atoms with E-state index in [-0.39, 0.29) is 5.60 Å². The molecule has 1 aromatic heterocycles. The van der Waals surface area contributed by atoms with E-state index in [9.17, 15) is 0 Å². The van der Waals surface area contributed by atoms with Crippen molar-refractivity contribution in [2.45, 2.75) is 45.3 Å². The van der Waals surface area contributed by atoms with Gasteiger partial charge >= 0.3 is 0 Å². The molecular formula is C26H31N4O+. The van der Waals surface area contributed by atoms with Gasteiger partial charge in [0.25, 0.3) is 0 Å². The predicted octanol–water partition coefficient (Wildman–Crippen LogP) is 4.87. The molecule has 1 fully saturated rings. The standard InChI is InChI=1S/C26H30N4O/c1-26(2)12-11-19-22(31-26)17-21-23-24(18-9-5-6-10-20(18)28(3)25(19)23)27-30(21)16-15-29-13-7-4-8-14-29/h5-6,9-12,17H,4,7-8,13-16H2,1-3H3/p+1. The van der Waals surface area contributed by atoms with Crippen LogP contribution in [0.25, 0.3) is 28.2 Å². The van der Waals surface area contributed by atoms with Crippen molar-refractivity contribution in [2.24, 2.45) is 0 Å². The molecule has 3 aromatic rings. The molecule has 0 bridgehead atoms. The molecule has 0 aliphatic carbocycles. The van der Waals surface area contributed by atoms with Gasteiger partial charge < -0.3 is 9.64 Å². The zero-order valence-electron chi connectivity index (χ0n) is 18.7. The first-order chi connectivity index (χ1) is 15.0. The fourth-order valence-corrected chi connectivity index (χ4v) is 5.45. The molecule has 160 valence electrons. The minimum atomic E-state index is -0.295. The van der Waals surface area contributed by atoms with Crippen LogP contribution in [-0.4, -0.2) is 42.3 Å². The maximum Gasteiger partial charge on any atom is 0.244 e. The molecule has 0 spiro atoms. The van der Waals surface area contributed by atoms with Gasteiger partial charge in [-0.2, -0.15) is 5.10 Å². The number of ether oxygens (including phenoxy) is 1. The third-order valence-corrected chi connectivity index (χ3v) is 7.05. The van der Waals surface area contributed by atoms with E-state index >= 15 is 0 Å². The van der Waals surface area contributed by atoms with Crippen molar-refractivity contribution in [3.8, 4) is 17.0 Å². The van der Waals surface area contributed by atoms with E-state index in [1.807, 2.05) is 0 Å². The van der Waals surface area contributed by atoms with Crippen LogP contribution in [-0.2, 0) is 6.54 Å². The molecule has 2 aromatic carbocycles. The molecular weight excluding hydrogens is 384 g/mol. The van der Waals surface area contributed by atoms with E-state index < -0.39 is 0 Å². The second-order valence-electron chi connectivity index (χ2n) is 9.69. The number of benzene rings is 2. The second-order valence-corrected chi connectivity index (χ2v) is 9.69. The number of nitrogens with one attached hydrogen (secondary N) is 1. The summed E-state index contributed by atoms with van der Waals surface area (Å²) >= 11 is 0. The van der Waals surface area contributed by atoms with Crippen molar-refractivity contribution in [2.75, 3.05) is 31.6 Å². The smallest absolute Gasteiger partial charge is 0.244 e. The Labute approximate surface area is 183 Å². The Hall–Kier alpha value is -2.79. The first-order valence-electron chi connectivity index (χ1n) is 11.6. The third kappa shape index (κ3) is 2.98. The first kappa shape index (κ1) is 18.9. The summed E-state index contributed by atoms with van der Waals surface area (Å²) < 4.78 is 8.78. The summed E-state index contributed by atoms with van der Waals surface area (Å²) in [5, 5.41) is 5.07. The number of rotatable bonds is 3. The van der Waals surface area contributed by atoms with Crippen molar-refractivity contribution in [3.63, 3.8) is 0 Å². The normalized spacial score (nSPS) is 19.3. The monoisotopic (exact) mass is 415 g/mol. The Bertz CT molecular complexity index is 1200. The molecule has 0 amide bonds. The van der Waals surface area contributed by atoms with Gasteiger partial charge in [-0.3, -0.25) is 4.90 Å². The van der Waals surface area contributed by atoms with Gasteiger partial charge in [-0.05, 0) is 58.0 Å². The topological polar surface area (TPSA) is 35.4 Å². The van der Waals surface area contributed by atoms with E-state index in [4.69, 9.17) is 4.74 Å². The lowest BCUT2D eigenvalue weighted by Crippen LogP contribution is -2.43. The highest BCUT2D eigenvalue weighted by atomic mass is 16.5. The van der Waals surface area contributed by atoms with Crippen LogP contribution in [0.2, 0.25) is 0 Å². The quantitative estimate of drug-likeness (QED) is 0.620. The lowest BCUT2D eigenvalue weighted by atomic mass is 9.93. The zero-order valence-corrected chi connectivity index (χ0v) is 18.7. The van der Waals surface area contributed by atoms with E-state index in [0.717, 1.165) is 18.8 Å². The molecule has 6 rings (SSSR count). The number of aromatic nitrogens is 2. The molecule has 1 saturated heterocycles. The third-order valence-electron chi connectivity index (χ3n) is 7.05. The van der Waals surface area contributed by atoms with Crippen LogP contribution in [0.15, 0.2) is 36.4 Å². The number of anilines is 2. The molecule has 0 atom stereocenters. The van der Waals surface area contributed by atoms with Gasteiger partial charge in [-0.25, -0.2) is 0 Å². The molecule has 3 aliphatic heterocycles. The van der Waals surface area contributed by atoms with Gasteiger partial charge in [0.1, 0.15) is 22.4 Å². The van der Waals surface area contributed by atoms with Crippen LogP contribution in [0, 0.1) is 0 Å². The summed E-state index contributed by atoms with van der Waals surface area (Å²) in [6.45, 7) is 8.72. The number of nitrogens with zero attached hydrogens (tertiary/aromatic N) is 3. The highest BCUT2D eigenvalue weighted by molar-refractivity contribution is 6.12. The van der Waals surface area contributed by atoms with Gasteiger partial charge in [-0.15, -0.1) is 4.68 Å². The Morgan fingerprint density at radius 2 is 1.94 bits per heavy atom. The van der Waals surface area contributed by atoms with Gasteiger partial charge in [0.2, 0.25) is 5.52 Å². The van der Waals surface area contributed by atoms with Crippen molar-refractivity contribution < 1.29 is 9.42 Å². The highest BCUT2D eigenvalue weighted by Gasteiger charge is 2.35. The minimum absolute atomic E-state index is 0.295. The SMILES string of the molecule is CN1c2ccccc2-c2[nH][n+](CCN3CCCCC3)c3cc4c(c1c23)C=CC(C)(C)O4. The number of para-hydroxylation sites is 1. The van der Waals surface area contributed by atoms with Crippen molar-refractivity contribution in [1.29, 1.82) is 0 Å². The molecule has 0 unspecified atom stereocenters. The average molecular weight is 416 g/mol. The van der Waals surface area contributed by atoms with Gasteiger partial charge in [0.05, 0.1) is 24.0 Å². The average Bonchev–Trinajstić information content (AvgIpc) is 3.13. The number of likely N-dealkylation sites (tertiary alicyclic amines) is 1. The lowest BCUT2D eigenvalue weighted by molar-refractivity contribution is -0.725. The van der Waals surface area contributed by atoms with Crippen LogP contribution in [0.5, 0.6) is 5.75 Å².